The second-order valence-electron chi connectivity index (χ2n) is 5.23. The highest BCUT2D eigenvalue weighted by Gasteiger charge is 2.30. The standard InChI is InChI=1S/C16H22ClNO3/c1-3-16(4-2,11-15(20)21)18-14(19)10-7-12-5-8-13(17)9-6-12/h5-6,8-9H,3-4,7,10-11H2,1-2H3,(H,18,19)(H,20,21). The van der Waals surface area contributed by atoms with Gasteiger partial charge in [-0.3, -0.25) is 9.59 Å². The van der Waals surface area contributed by atoms with Crippen LogP contribution in [0.15, 0.2) is 24.3 Å². The van der Waals surface area contributed by atoms with E-state index in [0.29, 0.717) is 30.7 Å². The van der Waals surface area contributed by atoms with Crippen LogP contribution in [0.3, 0.4) is 0 Å². The van der Waals surface area contributed by atoms with Crippen LogP contribution < -0.4 is 5.32 Å². The Morgan fingerprint density at radius 1 is 1.19 bits per heavy atom. The summed E-state index contributed by atoms with van der Waals surface area (Å²) in [5.74, 6) is -1.01. The van der Waals surface area contributed by atoms with E-state index in [2.05, 4.69) is 5.32 Å². The van der Waals surface area contributed by atoms with Crippen molar-refractivity contribution < 1.29 is 14.7 Å². The smallest absolute Gasteiger partial charge is 0.305 e. The van der Waals surface area contributed by atoms with Gasteiger partial charge in [0.2, 0.25) is 5.91 Å². The number of nitrogens with one attached hydrogen (secondary N) is 1. The highest BCUT2D eigenvalue weighted by Crippen LogP contribution is 2.20. The molecule has 0 fully saturated rings. The average Bonchev–Trinajstić information content (AvgIpc) is 2.45. The van der Waals surface area contributed by atoms with E-state index in [1.54, 1.807) is 12.1 Å². The van der Waals surface area contributed by atoms with Gasteiger partial charge in [0.15, 0.2) is 0 Å². The van der Waals surface area contributed by atoms with E-state index >= 15 is 0 Å². The van der Waals surface area contributed by atoms with E-state index in [1.165, 1.54) is 0 Å². The van der Waals surface area contributed by atoms with Crippen LogP contribution in [0.25, 0.3) is 0 Å². The fourth-order valence-electron chi connectivity index (χ4n) is 2.28. The van der Waals surface area contributed by atoms with E-state index in [-0.39, 0.29) is 12.3 Å². The minimum atomic E-state index is -0.892. The summed E-state index contributed by atoms with van der Waals surface area (Å²) < 4.78 is 0. The van der Waals surface area contributed by atoms with Crippen molar-refractivity contribution in [3.05, 3.63) is 34.9 Å². The summed E-state index contributed by atoms with van der Waals surface area (Å²) in [6.45, 7) is 3.79. The molecular formula is C16H22ClNO3. The number of carbonyl (C=O) groups excluding carboxylic acids is 1. The zero-order valence-corrected chi connectivity index (χ0v) is 13.2. The van der Waals surface area contributed by atoms with Gasteiger partial charge in [-0.05, 0) is 37.0 Å². The van der Waals surface area contributed by atoms with Crippen molar-refractivity contribution in [3.8, 4) is 0 Å². The van der Waals surface area contributed by atoms with E-state index in [4.69, 9.17) is 16.7 Å². The van der Waals surface area contributed by atoms with Crippen molar-refractivity contribution >= 4 is 23.5 Å². The normalized spacial score (nSPS) is 11.2. The second kappa shape index (κ2) is 8.03. The summed E-state index contributed by atoms with van der Waals surface area (Å²) >= 11 is 5.81. The van der Waals surface area contributed by atoms with Crippen LogP contribution in [0, 0.1) is 0 Å². The Balaban J connectivity index is 2.57. The summed E-state index contributed by atoms with van der Waals surface area (Å²) in [6, 6.07) is 7.36. The number of carbonyl (C=O) groups is 2. The molecule has 116 valence electrons. The number of hydrogen-bond acceptors (Lipinski definition) is 2. The third-order valence-corrected chi connectivity index (χ3v) is 4.05. The van der Waals surface area contributed by atoms with Gasteiger partial charge in [0, 0.05) is 17.0 Å². The molecule has 0 radical (unpaired) electrons. The number of rotatable bonds is 8. The summed E-state index contributed by atoms with van der Waals surface area (Å²) in [6.07, 6.45) is 2.10. The quantitative estimate of drug-likeness (QED) is 0.773. The first-order valence-corrected chi connectivity index (χ1v) is 7.56. The predicted molar refractivity (Wildman–Crippen MR) is 83.5 cm³/mol. The number of carboxylic acid groups (broad SMARTS) is 1. The maximum atomic E-state index is 12.1. The molecule has 0 saturated heterocycles. The van der Waals surface area contributed by atoms with E-state index in [0.717, 1.165) is 5.56 Å². The molecule has 0 saturated carbocycles. The molecular weight excluding hydrogens is 290 g/mol. The molecule has 0 aliphatic heterocycles. The van der Waals surface area contributed by atoms with Crippen LogP contribution >= 0.6 is 11.6 Å². The molecule has 0 aliphatic carbocycles. The van der Waals surface area contributed by atoms with E-state index in [1.807, 2.05) is 26.0 Å². The molecule has 0 unspecified atom stereocenters. The molecule has 0 aromatic heterocycles. The molecule has 0 heterocycles. The number of carboxylic acids is 1. The summed E-state index contributed by atoms with van der Waals surface area (Å²) in [4.78, 5) is 23.0. The molecule has 21 heavy (non-hydrogen) atoms. The number of hydrogen-bond donors (Lipinski definition) is 2. The largest absolute Gasteiger partial charge is 0.481 e. The third-order valence-electron chi connectivity index (χ3n) is 3.80. The predicted octanol–water partition coefficient (Wildman–Crippen LogP) is 3.42. The maximum Gasteiger partial charge on any atom is 0.305 e. The summed E-state index contributed by atoms with van der Waals surface area (Å²) in [5, 5.41) is 12.6. The first kappa shape index (κ1) is 17.5. The highest BCUT2D eigenvalue weighted by molar-refractivity contribution is 6.30. The fraction of sp³-hybridized carbons (Fsp3) is 0.500. The van der Waals surface area contributed by atoms with Gasteiger partial charge in [-0.1, -0.05) is 37.6 Å². The SMILES string of the molecule is CCC(CC)(CC(=O)O)NC(=O)CCc1ccc(Cl)cc1. The monoisotopic (exact) mass is 311 g/mol. The minimum absolute atomic E-state index is 0.0489. The van der Waals surface area contributed by atoms with Gasteiger partial charge in [0.1, 0.15) is 0 Å². The van der Waals surface area contributed by atoms with Crippen LogP contribution in [-0.4, -0.2) is 22.5 Å². The van der Waals surface area contributed by atoms with Gasteiger partial charge < -0.3 is 10.4 Å². The lowest BCUT2D eigenvalue weighted by Crippen LogP contribution is -2.49. The lowest BCUT2D eigenvalue weighted by molar-refractivity contribution is -0.139. The number of halogens is 1. The van der Waals surface area contributed by atoms with Crippen LogP contribution in [0.5, 0.6) is 0 Å². The zero-order chi connectivity index (χ0) is 15.9. The highest BCUT2D eigenvalue weighted by atomic mass is 35.5. The van der Waals surface area contributed by atoms with Crippen LogP contribution in [0.2, 0.25) is 5.02 Å². The number of aliphatic carboxylic acids is 1. The van der Waals surface area contributed by atoms with Crippen LogP contribution in [0.4, 0.5) is 0 Å². The lowest BCUT2D eigenvalue weighted by Gasteiger charge is -2.31. The first-order chi connectivity index (χ1) is 9.90. The molecule has 0 aliphatic rings. The number of amides is 1. The van der Waals surface area contributed by atoms with Crippen molar-refractivity contribution in [3.63, 3.8) is 0 Å². The molecule has 2 N–H and O–H groups in total. The Morgan fingerprint density at radius 2 is 1.76 bits per heavy atom. The lowest BCUT2D eigenvalue weighted by atomic mass is 9.88. The Bertz CT molecular complexity index is 481. The topological polar surface area (TPSA) is 66.4 Å². The third kappa shape index (κ3) is 5.76. The summed E-state index contributed by atoms with van der Waals surface area (Å²) in [5.41, 5.74) is 0.384. The fourth-order valence-corrected chi connectivity index (χ4v) is 2.40. The Hall–Kier alpha value is -1.55. The molecule has 1 amide bonds. The van der Waals surface area contributed by atoms with Crippen molar-refractivity contribution in [2.75, 3.05) is 0 Å². The van der Waals surface area contributed by atoms with E-state index in [9.17, 15) is 9.59 Å². The first-order valence-electron chi connectivity index (χ1n) is 7.18. The van der Waals surface area contributed by atoms with Crippen LogP contribution in [0.1, 0.15) is 45.1 Å². The zero-order valence-electron chi connectivity index (χ0n) is 12.5. The molecule has 0 spiro atoms. The molecule has 1 rings (SSSR count). The van der Waals surface area contributed by atoms with Gasteiger partial charge in [-0.25, -0.2) is 0 Å². The molecule has 1 aromatic rings. The van der Waals surface area contributed by atoms with Gasteiger partial charge in [0.05, 0.1) is 6.42 Å². The molecule has 4 nitrogen and oxygen atoms in total. The Morgan fingerprint density at radius 3 is 2.24 bits per heavy atom. The van der Waals surface area contributed by atoms with Crippen molar-refractivity contribution in [2.24, 2.45) is 0 Å². The minimum Gasteiger partial charge on any atom is -0.481 e. The number of benzene rings is 1. The molecule has 0 atom stereocenters. The molecule has 1 aromatic carbocycles. The maximum absolute atomic E-state index is 12.1. The number of aryl methyl sites for hydroxylation is 1. The molecule has 0 bridgehead atoms. The summed E-state index contributed by atoms with van der Waals surface area (Å²) in [7, 11) is 0. The Kier molecular flexibility index (Phi) is 6.69. The van der Waals surface area contributed by atoms with Gasteiger partial charge in [-0.2, -0.15) is 0 Å². The van der Waals surface area contributed by atoms with Gasteiger partial charge >= 0.3 is 5.97 Å². The van der Waals surface area contributed by atoms with Crippen molar-refractivity contribution in [1.29, 1.82) is 0 Å². The van der Waals surface area contributed by atoms with Crippen molar-refractivity contribution in [2.45, 2.75) is 51.5 Å². The molecule has 5 heteroatoms. The van der Waals surface area contributed by atoms with Crippen molar-refractivity contribution in [1.82, 2.24) is 5.32 Å². The second-order valence-corrected chi connectivity index (χ2v) is 5.67. The van der Waals surface area contributed by atoms with E-state index < -0.39 is 11.5 Å². The van der Waals surface area contributed by atoms with Gasteiger partial charge in [0.25, 0.3) is 0 Å². The van der Waals surface area contributed by atoms with Gasteiger partial charge in [-0.15, -0.1) is 0 Å². The Labute approximate surface area is 130 Å². The van der Waals surface area contributed by atoms with Crippen LogP contribution in [-0.2, 0) is 16.0 Å². The average molecular weight is 312 g/mol.